The molecule has 0 aliphatic heterocycles. The van der Waals surface area contributed by atoms with Crippen LogP contribution in [-0.4, -0.2) is 15.6 Å². The number of halogens is 2. The minimum Gasteiger partial charge on any atom is -0.550 e. The molecule has 1 aliphatic carbocycles. The molecule has 0 radical (unpaired) electrons. The van der Waals surface area contributed by atoms with E-state index in [1.54, 1.807) is 0 Å². The third-order valence-electron chi connectivity index (χ3n) is 3.61. The van der Waals surface area contributed by atoms with E-state index in [2.05, 4.69) is 44.0 Å². The number of rotatable bonds is 3. The lowest BCUT2D eigenvalue weighted by atomic mass is 9.76. The molecule has 2 rings (SSSR count). The number of alkyl halides is 2. The molecule has 18 heavy (non-hydrogen) atoms. The van der Waals surface area contributed by atoms with Crippen molar-refractivity contribution in [3.63, 3.8) is 0 Å². The van der Waals surface area contributed by atoms with Crippen LogP contribution in [0.4, 0.5) is 0 Å². The molecular weight excluding hydrogens is 360 g/mol. The molecule has 4 atom stereocenters. The van der Waals surface area contributed by atoms with Gasteiger partial charge in [0.2, 0.25) is 0 Å². The quantitative estimate of drug-likeness (QED) is 0.762. The summed E-state index contributed by atoms with van der Waals surface area (Å²) in [5.74, 6) is -1.13. The fourth-order valence-corrected chi connectivity index (χ4v) is 3.93. The largest absolute Gasteiger partial charge is 0.550 e. The van der Waals surface area contributed by atoms with Crippen LogP contribution in [0.15, 0.2) is 30.3 Å². The Morgan fingerprint density at radius 2 is 1.78 bits per heavy atom. The maximum Gasteiger partial charge on any atom is 0.0448 e. The van der Waals surface area contributed by atoms with Gasteiger partial charge in [0.25, 0.3) is 0 Å². The third-order valence-corrected chi connectivity index (χ3v) is 6.35. The van der Waals surface area contributed by atoms with E-state index >= 15 is 0 Å². The van der Waals surface area contributed by atoms with Gasteiger partial charge in [0.05, 0.1) is 0 Å². The summed E-state index contributed by atoms with van der Waals surface area (Å²) in [5.41, 5.74) is 1.20. The highest BCUT2D eigenvalue weighted by Crippen LogP contribution is 2.39. The topological polar surface area (TPSA) is 40.1 Å². The molecule has 2 nitrogen and oxygen atoms in total. The molecule has 0 N–H and O–H groups in total. The molecule has 1 saturated carbocycles. The van der Waals surface area contributed by atoms with Crippen molar-refractivity contribution in [1.82, 2.24) is 0 Å². The highest BCUT2D eigenvalue weighted by molar-refractivity contribution is 9.12. The van der Waals surface area contributed by atoms with Crippen LogP contribution in [0, 0.1) is 11.8 Å². The average Bonchev–Trinajstić information content (AvgIpc) is 2.34. The van der Waals surface area contributed by atoms with Crippen molar-refractivity contribution in [2.45, 2.75) is 28.9 Å². The van der Waals surface area contributed by atoms with Gasteiger partial charge in [0, 0.05) is 21.5 Å². The van der Waals surface area contributed by atoms with Crippen LogP contribution >= 0.6 is 31.9 Å². The Kier molecular flexibility index (Phi) is 4.84. The minimum atomic E-state index is -0.917. The number of aliphatic carboxylic acids is 1. The second kappa shape index (κ2) is 6.20. The van der Waals surface area contributed by atoms with Gasteiger partial charge >= 0.3 is 0 Å². The number of carbonyl (C=O) groups is 1. The van der Waals surface area contributed by atoms with Crippen molar-refractivity contribution in [3.05, 3.63) is 35.9 Å². The molecule has 0 aromatic heterocycles. The number of carboxylic acids is 1. The van der Waals surface area contributed by atoms with E-state index < -0.39 is 5.97 Å². The minimum absolute atomic E-state index is 0.149. The van der Waals surface area contributed by atoms with E-state index in [9.17, 15) is 9.90 Å². The predicted molar refractivity (Wildman–Crippen MR) is 76.8 cm³/mol. The van der Waals surface area contributed by atoms with Crippen LogP contribution in [-0.2, 0) is 11.2 Å². The van der Waals surface area contributed by atoms with Gasteiger partial charge in [-0.1, -0.05) is 62.2 Å². The molecule has 0 bridgehead atoms. The predicted octanol–water partition coefficient (Wildman–Crippen LogP) is 2.53. The van der Waals surface area contributed by atoms with Crippen molar-refractivity contribution >= 4 is 37.8 Å². The zero-order chi connectivity index (χ0) is 13.1. The molecule has 0 amide bonds. The standard InChI is InChI=1S/C14H16Br2O2/c15-12-7-10(6-9-4-2-1-3-5-9)11(14(17)18)8-13(12)16/h1-5,10-13H,6-8H2,(H,17,18)/p-1/t10-,11+,12+,13+/m1/s1. The first kappa shape index (κ1) is 14.1. The van der Waals surface area contributed by atoms with Crippen LogP contribution in [0.2, 0.25) is 0 Å². The van der Waals surface area contributed by atoms with E-state index in [4.69, 9.17) is 0 Å². The Labute approximate surface area is 124 Å². The second-order valence-electron chi connectivity index (χ2n) is 4.88. The maximum atomic E-state index is 11.3. The van der Waals surface area contributed by atoms with Crippen molar-refractivity contribution in [1.29, 1.82) is 0 Å². The van der Waals surface area contributed by atoms with E-state index in [1.165, 1.54) is 5.56 Å². The van der Waals surface area contributed by atoms with E-state index in [0.717, 1.165) is 12.8 Å². The summed E-state index contributed by atoms with van der Waals surface area (Å²) < 4.78 is 0. The summed E-state index contributed by atoms with van der Waals surface area (Å²) in [6, 6.07) is 10.1. The number of hydrogen-bond acceptors (Lipinski definition) is 2. The summed E-state index contributed by atoms with van der Waals surface area (Å²) >= 11 is 7.16. The van der Waals surface area contributed by atoms with Gasteiger partial charge in [-0.3, -0.25) is 0 Å². The van der Waals surface area contributed by atoms with E-state index in [1.807, 2.05) is 18.2 Å². The lowest BCUT2D eigenvalue weighted by Crippen LogP contribution is -2.43. The molecule has 1 aliphatic rings. The normalized spacial score (nSPS) is 32.1. The van der Waals surface area contributed by atoms with Gasteiger partial charge in [-0.25, -0.2) is 0 Å². The Hall–Kier alpha value is -0.350. The molecule has 98 valence electrons. The molecule has 1 aromatic rings. The van der Waals surface area contributed by atoms with E-state index in [-0.39, 0.29) is 16.7 Å². The van der Waals surface area contributed by atoms with Gasteiger partial charge in [0.1, 0.15) is 0 Å². The lowest BCUT2D eigenvalue weighted by Gasteiger charge is -2.37. The van der Waals surface area contributed by atoms with Crippen molar-refractivity contribution in [3.8, 4) is 0 Å². The van der Waals surface area contributed by atoms with Crippen molar-refractivity contribution in [2.75, 3.05) is 0 Å². The third kappa shape index (κ3) is 3.35. The first-order chi connectivity index (χ1) is 8.58. The number of benzene rings is 1. The first-order valence-corrected chi connectivity index (χ1v) is 7.94. The monoisotopic (exact) mass is 373 g/mol. The number of carbonyl (C=O) groups excluding carboxylic acids is 1. The van der Waals surface area contributed by atoms with Gasteiger partial charge in [-0.2, -0.15) is 0 Å². The number of carboxylic acid groups (broad SMARTS) is 1. The summed E-state index contributed by atoms with van der Waals surface area (Å²) in [6.07, 6.45) is 2.31. The molecule has 0 heterocycles. The maximum absolute atomic E-state index is 11.3. The summed E-state index contributed by atoms with van der Waals surface area (Å²) in [5, 5.41) is 11.3. The zero-order valence-corrected chi connectivity index (χ0v) is 13.1. The molecule has 1 fully saturated rings. The second-order valence-corrected chi connectivity index (χ2v) is 7.23. The Morgan fingerprint density at radius 1 is 1.17 bits per heavy atom. The SMILES string of the molecule is O=C([O-])[C@H]1C[C@H](Br)[C@@H](Br)C[C@H]1Cc1ccccc1. The summed E-state index contributed by atoms with van der Waals surface area (Å²) in [6.45, 7) is 0. The molecule has 0 spiro atoms. The molecule has 4 heteroatoms. The fraction of sp³-hybridized carbons (Fsp3) is 0.500. The van der Waals surface area contributed by atoms with Gasteiger partial charge < -0.3 is 9.90 Å². The van der Waals surface area contributed by atoms with Gasteiger partial charge in [-0.15, -0.1) is 0 Å². The van der Waals surface area contributed by atoms with Crippen molar-refractivity contribution < 1.29 is 9.90 Å². The Morgan fingerprint density at radius 3 is 2.39 bits per heavy atom. The van der Waals surface area contributed by atoms with Crippen LogP contribution in [0.1, 0.15) is 18.4 Å². The summed E-state index contributed by atoms with van der Waals surface area (Å²) in [7, 11) is 0. The fourth-order valence-electron chi connectivity index (χ4n) is 2.61. The molecular formula is C14H15Br2O2-. The van der Waals surface area contributed by atoms with Crippen LogP contribution < -0.4 is 5.11 Å². The Bertz CT molecular complexity index is 408. The van der Waals surface area contributed by atoms with Crippen LogP contribution in [0.25, 0.3) is 0 Å². The first-order valence-electron chi connectivity index (χ1n) is 6.11. The average molecular weight is 375 g/mol. The van der Waals surface area contributed by atoms with Crippen LogP contribution in [0.5, 0.6) is 0 Å². The molecule has 0 unspecified atom stereocenters. The highest BCUT2D eigenvalue weighted by atomic mass is 79.9. The van der Waals surface area contributed by atoms with Gasteiger partial charge in [-0.05, 0) is 30.7 Å². The lowest BCUT2D eigenvalue weighted by molar-refractivity contribution is -0.314. The van der Waals surface area contributed by atoms with E-state index in [0.29, 0.717) is 11.2 Å². The smallest absolute Gasteiger partial charge is 0.0448 e. The summed E-state index contributed by atoms with van der Waals surface area (Å²) in [4.78, 5) is 11.8. The Balaban J connectivity index is 2.11. The highest BCUT2D eigenvalue weighted by Gasteiger charge is 2.35. The number of hydrogen-bond donors (Lipinski definition) is 0. The van der Waals surface area contributed by atoms with Gasteiger partial charge in [0.15, 0.2) is 0 Å². The van der Waals surface area contributed by atoms with Crippen molar-refractivity contribution in [2.24, 2.45) is 11.8 Å². The van der Waals surface area contributed by atoms with Crippen LogP contribution in [0.3, 0.4) is 0 Å². The molecule has 1 aromatic carbocycles. The zero-order valence-electron chi connectivity index (χ0n) is 9.89. The molecule has 0 saturated heterocycles.